The van der Waals surface area contributed by atoms with E-state index in [-0.39, 0.29) is 6.61 Å². The molecule has 1 heterocycles. The first kappa shape index (κ1) is 27.5. The van der Waals surface area contributed by atoms with Gasteiger partial charge in [0, 0.05) is 13.6 Å². The van der Waals surface area contributed by atoms with Crippen LogP contribution in [-0.2, 0) is 11.8 Å². The van der Waals surface area contributed by atoms with Crippen molar-refractivity contribution >= 4 is 11.8 Å². The van der Waals surface area contributed by atoms with Crippen LogP contribution in [-0.4, -0.2) is 46.6 Å². The summed E-state index contributed by atoms with van der Waals surface area (Å²) in [6.07, 6.45) is 17.9. The van der Waals surface area contributed by atoms with E-state index in [4.69, 9.17) is 9.84 Å². The number of nitrogens with zero attached hydrogens (tertiary/aromatic N) is 1. The van der Waals surface area contributed by atoms with Crippen molar-refractivity contribution in [3.05, 3.63) is 17.8 Å². The Balaban J connectivity index is 2.00. The van der Waals surface area contributed by atoms with Gasteiger partial charge in [0.25, 0.3) is 0 Å². The number of carbonyl (C=O) groups excluding carboxylic acids is 1. The fourth-order valence-corrected chi connectivity index (χ4v) is 3.73. The van der Waals surface area contributed by atoms with Crippen LogP contribution in [0.15, 0.2) is 12.1 Å². The maximum atomic E-state index is 12.0. The van der Waals surface area contributed by atoms with Gasteiger partial charge in [-0.3, -0.25) is 0 Å². The molecule has 0 amide bonds. The number of rotatable bonds is 20. The van der Waals surface area contributed by atoms with Crippen LogP contribution in [0.25, 0.3) is 0 Å². The van der Waals surface area contributed by atoms with Crippen LogP contribution in [0.2, 0.25) is 0 Å². The molecule has 180 valence electrons. The molecular formula is C25H46N2O4. The van der Waals surface area contributed by atoms with Crippen LogP contribution in [0.1, 0.15) is 107 Å². The van der Waals surface area contributed by atoms with Crippen molar-refractivity contribution < 1.29 is 19.7 Å². The van der Waals surface area contributed by atoms with E-state index in [2.05, 4.69) is 12.2 Å². The minimum Gasteiger partial charge on any atom is -0.458 e. The molecule has 0 spiro atoms. The topological polar surface area (TPSA) is 83.7 Å². The molecular weight excluding hydrogens is 392 g/mol. The number of anilines is 1. The number of carbonyl (C=O) groups is 1. The Labute approximate surface area is 189 Å². The standard InChI is InChI=1S/C25H46N2O4/c1-3-4-5-6-7-8-9-10-11-12-13-14-15-16-19-26-24-18-17-23(27(24)2)25(30)31-21-22(29)20-28/h17-18,22,26,28-29H,3-16,19-21H2,1-2H3. The number of aliphatic hydroxyl groups is 2. The minimum atomic E-state index is -1.04. The fraction of sp³-hybridized carbons (Fsp3) is 0.800. The number of aliphatic hydroxyl groups excluding tert-OH is 2. The third-order valence-electron chi connectivity index (χ3n) is 5.78. The summed E-state index contributed by atoms with van der Waals surface area (Å²) in [6.45, 7) is 2.52. The summed E-state index contributed by atoms with van der Waals surface area (Å²) in [4.78, 5) is 12.0. The van der Waals surface area contributed by atoms with Crippen LogP contribution < -0.4 is 5.32 Å². The molecule has 0 saturated heterocycles. The average Bonchev–Trinajstić information content (AvgIpc) is 3.14. The van der Waals surface area contributed by atoms with Crippen molar-refractivity contribution in [1.82, 2.24) is 4.57 Å². The summed E-state index contributed by atoms with van der Waals surface area (Å²) < 4.78 is 6.77. The van der Waals surface area contributed by atoms with Crippen LogP contribution in [0, 0.1) is 0 Å². The van der Waals surface area contributed by atoms with E-state index in [1.54, 1.807) is 10.6 Å². The summed E-state index contributed by atoms with van der Waals surface area (Å²) in [5.41, 5.74) is 0.425. The molecule has 1 rings (SSSR count). The zero-order chi connectivity index (χ0) is 22.7. The van der Waals surface area contributed by atoms with E-state index < -0.39 is 18.7 Å². The Morgan fingerprint density at radius 2 is 1.45 bits per heavy atom. The molecule has 0 fully saturated rings. The highest BCUT2D eigenvalue weighted by atomic mass is 16.5. The van der Waals surface area contributed by atoms with Gasteiger partial charge in [0.1, 0.15) is 24.2 Å². The predicted molar refractivity (Wildman–Crippen MR) is 128 cm³/mol. The van der Waals surface area contributed by atoms with Gasteiger partial charge in [-0.15, -0.1) is 0 Å². The Bertz CT molecular complexity index is 574. The molecule has 3 N–H and O–H groups in total. The summed E-state index contributed by atoms with van der Waals surface area (Å²) >= 11 is 0. The van der Waals surface area contributed by atoms with E-state index in [0.717, 1.165) is 18.8 Å². The van der Waals surface area contributed by atoms with Gasteiger partial charge in [-0.2, -0.15) is 0 Å². The number of unbranched alkanes of at least 4 members (excludes halogenated alkanes) is 13. The largest absolute Gasteiger partial charge is 0.458 e. The highest BCUT2D eigenvalue weighted by Gasteiger charge is 2.15. The van der Waals surface area contributed by atoms with Crippen molar-refractivity contribution in [2.75, 3.05) is 25.1 Å². The van der Waals surface area contributed by atoms with Crippen molar-refractivity contribution in [2.45, 2.75) is 103 Å². The van der Waals surface area contributed by atoms with Gasteiger partial charge in [0.2, 0.25) is 0 Å². The van der Waals surface area contributed by atoms with Gasteiger partial charge in [-0.1, -0.05) is 90.4 Å². The number of ether oxygens (including phenoxy) is 1. The molecule has 0 aliphatic carbocycles. The molecule has 1 aromatic rings. The van der Waals surface area contributed by atoms with Crippen molar-refractivity contribution in [3.8, 4) is 0 Å². The molecule has 0 aliphatic heterocycles. The number of aromatic nitrogens is 1. The molecule has 1 aromatic heterocycles. The number of hydrogen-bond acceptors (Lipinski definition) is 5. The zero-order valence-corrected chi connectivity index (χ0v) is 19.9. The molecule has 31 heavy (non-hydrogen) atoms. The highest BCUT2D eigenvalue weighted by Crippen LogP contribution is 2.15. The van der Waals surface area contributed by atoms with Gasteiger partial charge in [-0.25, -0.2) is 4.79 Å². The van der Waals surface area contributed by atoms with Crippen LogP contribution in [0.5, 0.6) is 0 Å². The van der Waals surface area contributed by atoms with Gasteiger partial charge < -0.3 is 24.8 Å². The van der Waals surface area contributed by atoms with Gasteiger partial charge in [0.15, 0.2) is 0 Å². The second-order valence-corrected chi connectivity index (χ2v) is 8.62. The van der Waals surface area contributed by atoms with E-state index in [1.807, 2.05) is 13.1 Å². The average molecular weight is 439 g/mol. The fourth-order valence-electron chi connectivity index (χ4n) is 3.73. The Morgan fingerprint density at radius 3 is 1.97 bits per heavy atom. The van der Waals surface area contributed by atoms with Crippen LogP contribution in [0.3, 0.4) is 0 Å². The van der Waals surface area contributed by atoms with E-state index in [9.17, 15) is 9.90 Å². The highest BCUT2D eigenvalue weighted by molar-refractivity contribution is 5.88. The van der Waals surface area contributed by atoms with Crippen molar-refractivity contribution in [2.24, 2.45) is 7.05 Å². The van der Waals surface area contributed by atoms with E-state index in [0.29, 0.717) is 5.69 Å². The molecule has 6 heteroatoms. The third-order valence-corrected chi connectivity index (χ3v) is 5.78. The number of nitrogens with one attached hydrogen (secondary N) is 1. The maximum absolute atomic E-state index is 12.0. The van der Waals surface area contributed by atoms with Crippen molar-refractivity contribution in [3.63, 3.8) is 0 Å². The van der Waals surface area contributed by atoms with Crippen molar-refractivity contribution in [1.29, 1.82) is 0 Å². The first-order valence-electron chi connectivity index (χ1n) is 12.5. The SMILES string of the molecule is CCCCCCCCCCCCCCCCNc1ccc(C(=O)OCC(O)CO)n1C. The van der Waals surface area contributed by atoms with Gasteiger partial charge in [0.05, 0.1) is 6.61 Å². The molecule has 0 aromatic carbocycles. The number of esters is 1. The number of hydrogen-bond donors (Lipinski definition) is 3. The first-order valence-corrected chi connectivity index (χ1v) is 12.5. The molecule has 1 atom stereocenters. The Kier molecular flexibility index (Phi) is 16.0. The molecule has 0 aliphatic rings. The smallest absolute Gasteiger partial charge is 0.355 e. The molecule has 6 nitrogen and oxygen atoms in total. The van der Waals surface area contributed by atoms with E-state index in [1.165, 1.54) is 83.5 Å². The normalized spacial score (nSPS) is 12.1. The molecule has 0 radical (unpaired) electrons. The molecule has 0 bridgehead atoms. The lowest BCUT2D eigenvalue weighted by Gasteiger charge is -2.11. The zero-order valence-electron chi connectivity index (χ0n) is 19.9. The van der Waals surface area contributed by atoms with Gasteiger partial charge in [-0.05, 0) is 18.6 Å². The summed E-state index contributed by atoms with van der Waals surface area (Å²) in [5.74, 6) is 0.379. The Hall–Kier alpha value is -1.53. The maximum Gasteiger partial charge on any atom is 0.355 e. The lowest BCUT2D eigenvalue weighted by molar-refractivity contribution is 0.00863. The van der Waals surface area contributed by atoms with Gasteiger partial charge >= 0.3 is 5.97 Å². The minimum absolute atomic E-state index is 0.206. The quantitative estimate of drug-likeness (QED) is 0.187. The lowest BCUT2D eigenvalue weighted by atomic mass is 10.0. The van der Waals surface area contributed by atoms with Crippen LogP contribution in [0.4, 0.5) is 5.82 Å². The first-order chi connectivity index (χ1) is 15.1. The molecule has 1 unspecified atom stereocenters. The lowest BCUT2D eigenvalue weighted by Crippen LogP contribution is -2.23. The monoisotopic (exact) mass is 438 g/mol. The summed E-state index contributed by atoms with van der Waals surface area (Å²) in [6, 6.07) is 3.57. The van der Waals surface area contributed by atoms with Crippen LogP contribution >= 0.6 is 0 Å². The van der Waals surface area contributed by atoms with E-state index >= 15 is 0 Å². The summed E-state index contributed by atoms with van der Waals surface area (Å²) in [7, 11) is 1.81. The summed E-state index contributed by atoms with van der Waals surface area (Å²) in [5, 5.41) is 21.4. The predicted octanol–water partition coefficient (Wildman–Crippen LogP) is 5.43. The second kappa shape index (κ2) is 18.1. The molecule has 0 saturated carbocycles. The Morgan fingerprint density at radius 1 is 0.935 bits per heavy atom. The third kappa shape index (κ3) is 12.8. The second-order valence-electron chi connectivity index (χ2n) is 8.62.